The van der Waals surface area contributed by atoms with Crippen LogP contribution in [0.3, 0.4) is 0 Å². The van der Waals surface area contributed by atoms with Crippen molar-refractivity contribution < 1.29 is 24.1 Å². The van der Waals surface area contributed by atoms with Crippen LogP contribution in [0.2, 0.25) is 0 Å². The van der Waals surface area contributed by atoms with Gasteiger partial charge in [-0.25, -0.2) is 0 Å². The van der Waals surface area contributed by atoms with Crippen molar-refractivity contribution in [2.24, 2.45) is 0 Å². The van der Waals surface area contributed by atoms with E-state index in [2.05, 4.69) is 11.6 Å². The van der Waals surface area contributed by atoms with E-state index in [1.54, 1.807) is 36.5 Å². The smallest absolute Gasteiger partial charge is 0.306 e. The van der Waals surface area contributed by atoms with Crippen molar-refractivity contribution in [3.05, 3.63) is 75.7 Å². The summed E-state index contributed by atoms with van der Waals surface area (Å²) in [5.41, 5.74) is 2.10. The van der Waals surface area contributed by atoms with Gasteiger partial charge in [-0.1, -0.05) is 18.7 Å². The van der Waals surface area contributed by atoms with E-state index in [1.807, 2.05) is 13.8 Å². The molecule has 8 nitrogen and oxygen atoms in total. The molecule has 0 saturated heterocycles. The first kappa shape index (κ1) is 22.9. The Balaban J connectivity index is 2.17. The second-order valence-electron chi connectivity index (χ2n) is 7.58. The average molecular weight is 438 g/mol. The maximum atomic E-state index is 13.3. The largest absolute Gasteiger partial charge is 0.493 e. The summed E-state index contributed by atoms with van der Waals surface area (Å²) >= 11 is 0. The van der Waals surface area contributed by atoms with Gasteiger partial charge in [0.15, 0.2) is 11.5 Å². The van der Waals surface area contributed by atoms with Crippen LogP contribution in [0.1, 0.15) is 36.0 Å². The van der Waals surface area contributed by atoms with Gasteiger partial charge in [0, 0.05) is 12.1 Å². The van der Waals surface area contributed by atoms with Crippen molar-refractivity contribution in [3.63, 3.8) is 0 Å². The van der Waals surface area contributed by atoms with Gasteiger partial charge in [-0.3, -0.25) is 14.0 Å². The molecule has 3 rings (SSSR count). The third-order valence-electron chi connectivity index (χ3n) is 5.00. The molecule has 0 spiro atoms. The molecule has 0 radical (unpaired) electrons. The normalized spacial score (nSPS) is 11.8. The second kappa shape index (κ2) is 9.55. The zero-order valence-electron chi connectivity index (χ0n) is 18.5. The number of hydrogen-bond acceptors (Lipinski definition) is 7. The molecular formula is C24H26N2O6. The predicted octanol–water partition coefficient (Wildman–Crippen LogP) is 3.37. The maximum absolute atomic E-state index is 13.3. The van der Waals surface area contributed by atoms with E-state index < -0.39 is 23.3 Å². The van der Waals surface area contributed by atoms with E-state index in [0.29, 0.717) is 29.3 Å². The van der Waals surface area contributed by atoms with E-state index in [-0.39, 0.29) is 12.0 Å². The molecule has 8 heteroatoms. The van der Waals surface area contributed by atoms with Gasteiger partial charge in [0.1, 0.15) is 12.3 Å². The summed E-state index contributed by atoms with van der Waals surface area (Å²) in [4.78, 5) is 29.7. The van der Waals surface area contributed by atoms with Crippen LogP contribution in [0, 0.1) is 6.92 Å². The third kappa shape index (κ3) is 4.74. The van der Waals surface area contributed by atoms with Crippen molar-refractivity contribution in [2.75, 3.05) is 20.8 Å². The second-order valence-corrected chi connectivity index (χ2v) is 7.58. The summed E-state index contributed by atoms with van der Waals surface area (Å²) in [7, 11) is 2.76. The number of aromatic hydroxyl groups is 1. The molecule has 0 fully saturated rings. The highest BCUT2D eigenvalue weighted by Crippen LogP contribution is 2.36. The van der Waals surface area contributed by atoms with Gasteiger partial charge in [0.25, 0.3) is 5.56 Å². The number of rotatable bonds is 8. The van der Waals surface area contributed by atoms with Crippen molar-refractivity contribution >= 4 is 11.6 Å². The number of carbonyl (C=O) groups is 1. The van der Waals surface area contributed by atoms with Crippen LogP contribution in [0.25, 0.3) is 5.65 Å². The molecule has 0 bridgehead atoms. The monoisotopic (exact) mass is 438 g/mol. The zero-order chi connectivity index (χ0) is 23.4. The quantitative estimate of drug-likeness (QED) is 0.425. The van der Waals surface area contributed by atoms with Crippen molar-refractivity contribution in [1.82, 2.24) is 9.38 Å². The third-order valence-corrected chi connectivity index (χ3v) is 5.00. The van der Waals surface area contributed by atoms with E-state index in [0.717, 1.165) is 11.1 Å². The van der Waals surface area contributed by atoms with Crippen LogP contribution in [0.4, 0.5) is 0 Å². The summed E-state index contributed by atoms with van der Waals surface area (Å²) in [5.74, 6) is -0.880. The SMILES string of the molecule is C=C(C)COc1ccc([C@@H](CC(=O)OC)c2c(O)nc3ccc(C)cn3c2=O)cc1OC. The Morgan fingerprint density at radius 3 is 2.62 bits per heavy atom. The Hall–Kier alpha value is -3.81. The minimum atomic E-state index is -0.816. The molecular weight excluding hydrogens is 412 g/mol. The molecule has 2 heterocycles. The standard InChI is InChI=1S/C24H26N2O6/c1-14(2)13-32-18-8-7-16(10-19(18)30-4)17(11-21(27)31-5)22-23(28)25-20-9-6-15(3)12-26(20)24(22)29/h6-10,12,17,28H,1,11,13H2,2-5H3/t17-/m1/s1. The Bertz CT molecular complexity index is 1230. The van der Waals surface area contributed by atoms with Gasteiger partial charge in [0.2, 0.25) is 5.88 Å². The lowest BCUT2D eigenvalue weighted by molar-refractivity contribution is -0.140. The van der Waals surface area contributed by atoms with Gasteiger partial charge < -0.3 is 19.3 Å². The number of esters is 1. The van der Waals surface area contributed by atoms with Crippen LogP contribution >= 0.6 is 0 Å². The van der Waals surface area contributed by atoms with Crippen LogP contribution in [-0.2, 0) is 9.53 Å². The van der Waals surface area contributed by atoms with Crippen LogP contribution in [-0.4, -0.2) is 41.3 Å². The zero-order valence-corrected chi connectivity index (χ0v) is 18.5. The molecule has 0 unspecified atom stereocenters. The van der Waals surface area contributed by atoms with E-state index in [1.165, 1.54) is 18.6 Å². The van der Waals surface area contributed by atoms with E-state index in [9.17, 15) is 14.7 Å². The molecule has 0 amide bonds. The van der Waals surface area contributed by atoms with E-state index >= 15 is 0 Å². The summed E-state index contributed by atoms with van der Waals surface area (Å²) < 4.78 is 17.4. The molecule has 0 aliphatic carbocycles. The first-order valence-corrected chi connectivity index (χ1v) is 9.99. The molecule has 1 atom stereocenters. The molecule has 1 aromatic carbocycles. The number of fused-ring (bicyclic) bond motifs is 1. The number of benzene rings is 1. The highest BCUT2D eigenvalue weighted by Gasteiger charge is 2.28. The summed E-state index contributed by atoms with van der Waals surface area (Å²) in [6.07, 6.45) is 1.46. The summed E-state index contributed by atoms with van der Waals surface area (Å²) in [6.45, 7) is 7.82. The Morgan fingerprint density at radius 2 is 1.97 bits per heavy atom. The van der Waals surface area contributed by atoms with Crippen molar-refractivity contribution in [2.45, 2.75) is 26.2 Å². The fourth-order valence-corrected chi connectivity index (χ4v) is 3.41. The number of hydrogen-bond donors (Lipinski definition) is 1. The number of aromatic nitrogens is 2. The van der Waals surface area contributed by atoms with Gasteiger partial charge in [-0.2, -0.15) is 4.98 Å². The molecule has 3 aromatic rings. The number of nitrogens with zero attached hydrogens (tertiary/aromatic N) is 2. The topological polar surface area (TPSA) is 99.4 Å². The lowest BCUT2D eigenvalue weighted by Crippen LogP contribution is -2.24. The molecule has 0 aliphatic heterocycles. The summed E-state index contributed by atoms with van der Waals surface area (Å²) in [5, 5.41) is 10.7. The molecule has 168 valence electrons. The number of pyridine rings is 1. The minimum absolute atomic E-state index is 0.00356. The molecule has 1 N–H and O–H groups in total. The first-order valence-electron chi connectivity index (χ1n) is 9.99. The van der Waals surface area contributed by atoms with E-state index in [4.69, 9.17) is 14.2 Å². The van der Waals surface area contributed by atoms with Gasteiger partial charge >= 0.3 is 5.97 Å². The number of ether oxygens (including phenoxy) is 3. The number of aryl methyl sites for hydroxylation is 1. The highest BCUT2D eigenvalue weighted by atomic mass is 16.5. The van der Waals surface area contributed by atoms with Crippen molar-refractivity contribution in [3.8, 4) is 17.4 Å². The Morgan fingerprint density at radius 1 is 1.22 bits per heavy atom. The Labute approximate surface area is 185 Å². The molecule has 2 aromatic heterocycles. The van der Waals surface area contributed by atoms with Crippen LogP contribution in [0.15, 0.2) is 53.5 Å². The van der Waals surface area contributed by atoms with Crippen LogP contribution < -0.4 is 15.0 Å². The number of carbonyl (C=O) groups excluding carboxylic acids is 1. The maximum Gasteiger partial charge on any atom is 0.306 e. The van der Waals surface area contributed by atoms with Gasteiger partial charge in [0.05, 0.1) is 26.2 Å². The summed E-state index contributed by atoms with van der Waals surface area (Å²) in [6, 6.07) is 8.52. The van der Waals surface area contributed by atoms with Gasteiger partial charge in [-0.05, 0) is 48.7 Å². The lowest BCUT2D eigenvalue weighted by Gasteiger charge is -2.19. The van der Waals surface area contributed by atoms with Gasteiger partial charge in [-0.15, -0.1) is 0 Å². The van der Waals surface area contributed by atoms with Crippen molar-refractivity contribution in [1.29, 1.82) is 0 Å². The lowest BCUT2D eigenvalue weighted by atomic mass is 9.89. The molecule has 32 heavy (non-hydrogen) atoms. The minimum Gasteiger partial charge on any atom is -0.493 e. The molecule has 0 aliphatic rings. The fraction of sp³-hybridized carbons (Fsp3) is 0.292. The Kier molecular flexibility index (Phi) is 6.82. The highest BCUT2D eigenvalue weighted by molar-refractivity contribution is 5.71. The van der Waals surface area contributed by atoms with Crippen LogP contribution in [0.5, 0.6) is 17.4 Å². The fourth-order valence-electron chi connectivity index (χ4n) is 3.41. The molecule has 0 saturated carbocycles. The first-order chi connectivity index (χ1) is 15.2. The predicted molar refractivity (Wildman–Crippen MR) is 120 cm³/mol. The average Bonchev–Trinajstić information content (AvgIpc) is 2.77. The number of methoxy groups -OCH3 is 2.